The number of aromatic nitrogens is 1. The minimum Gasteiger partial charge on any atom is -0.382 e. The molecule has 2 aromatic carbocycles. The maximum atomic E-state index is 13.6. The van der Waals surface area contributed by atoms with Crippen molar-refractivity contribution in [1.82, 2.24) is 4.98 Å². The lowest BCUT2D eigenvalue weighted by molar-refractivity contribution is 0.0984. The van der Waals surface area contributed by atoms with Crippen LogP contribution in [0.3, 0.4) is 0 Å². The molecule has 1 aliphatic heterocycles. The predicted octanol–water partition coefficient (Wildman–Crippen LogP) is 5.90. The summed E-state index contributed by atoms with van der Waals surface area (Å²) in [6, 6.07) is 13.5. The Kier molecular flexibility index (Phi) is 5.48. The number of benzene rings is 2. The molecule has 29 heavy (non-hydrogen) atoms. The monoisotopic (exact) mass is 425 g/mol. The molecular formula is C23H21Cl2N3O. The fourth-order valence-electron chi connectivity index (χ4n) is 3.79. The zero-order valence-corrected chi connectivity index (χ0v) is 17.8. The summed E-state index contributed by atoms with van der Waals surface area (Å²) in [5.41, 5.74) is 5.58. The van der Waals surface area contributed by atoms with E-state index in [0.29, 0.717) is 33.9 Å². The van der Waals surface area contributed by atoms with Crippen molar-refractivity contribution in [2.75, 3.05) is 10.2 Å². The van der Waals surface area contributed by atoms with E-state index < -0.39 is 0 Å². The number of nitrogens with zero attached hydrogens (tertiary/aromatic N) is 2. The third-order valence-corrected chi connectivity index (χ3v) is 5.60. The molecule has 3 aromatic rings. The van der Waals surface area contributed by atoms with Gasteiger partial charge in [0, 0.05) is 45.4 Å². The second-order valence-electron chi connectivity index (χ2n) is 7.40. The van der Waals surface area contributed by atoms with Crippen LogP contribution in [0.5, 0.6) is 0 Å². The summed E-state index contributed by atoms with van der Waals surface area (Å²) in [6.45, 7) is 4.47. The van der Waals surface area contributed by atoms with E-state index in [4.69, 9.17) is 23.2 Å². The molecule has 1 N–H and O–H groups in total. The van der Waals surface area contributed by atoms with Gasteiger partial charge in [-0.2, -0.15) is 0 Å². The molecule has 0 spiro atoms. The summed E-state index contributed by atoms with van der Waals surface area (Å²) in [6.07, 6.45) is 4.26. The van der Waals surface area contributed by atoms with Crippen LogP contribution in [0.2, 0.25) is 10.0 Å². The average molecular weight is 426 g/mol. The number of carbonyl (C=O) groups excluding carboxylic acids is 1. The zero-order valence-electron chi connectivity index (χ0n) is 16.2. The number of nitrogens with one attached hydrogen (secondary N) is 1. The number of hydrogen-bond acceptors (Lipinski definition) is 3. The predicted molar refractivity (Wildman–Crippen MR) is 119 cm³/mol. The van der Waals surface area contributed by atoms with E-state index >= 15 is 0 Å². The van der Waals surface area contributed by atoms with Gasteiger partial charge in [0.15, 0.2) is 0 Å². The molecular weight excluding hydrogens is 405 g/mol. The normalized spacial score (nSPS) is 15.0. The average Bonchev–Trinajstić information content (AvgIpc) is 3.06. The Morgan fingerprint density at radius 1 is 1.21 bits per heavy atom. The Balaban J connectivity index is 1.79. The molecule has 2 heterocycles. The number of fused-ring (bicyclic) bond motifs is 1. The summed E-state index contributed by atoms with van der Waals surface area (Å²) in [7, 11) is 0. The maximum absolute atomic E-state index is 13.6. The number of pyridine rings is 1. The van der Waals surface area contributed by atoms with Crippen molar-refractivity contribution < 1.29 is 4.79 Å². The number of amides is 1. The molecule has 0 aliphatic carbocycles. The van der Waals surface area contributed by atoms with Crippen molar-refractivity contribution in [2.24, 2.45) is 0 Å². The molecule has 1 unspecified atom stereocenters. The van der Waals surface area contributed by atoms with Crippen molar-refractivity contribution >= 4 is 40.5 Å². The van der Waals surface area contributed by atoms with Gasteiger partial charge in [0.05, 0.1) is 6.54 Å². The van der Waals surface area contributed by atoms with Crippen LogP contribution in [-0.2, 0) is 13.0 Å². The lowest BCUT2D eigenvalue weighted by atomic mass is 10.0. The molecule has 0 radical (unpaired) electrons. The maximum Gasteiger partial charge on any atom is 0.258 e. The van der Waals surface area contributed by atoms with Crippen LogP contribution in [0.25, 0.3) is 0 Å². The summed E-state index contributed by atoms with van der Waals surface area (Å²) < 4.78 is 0. The lowest BCUT2D eigenvalue weighted by Crippen LogP contribution is -2.31. The second kappa shape index (κ2) is 8.05. The number of aryl methyl sites for hydroxylation is 1. The highest BCUT2D eigenvalue weighted by molar-refractivity contribution is 6.35. The Morgan fingerprint density at radius 2 is 1.97 bits per heavy atom. The van der Waals surface area contributed by atoms with Crippen LogP contribution < -0.4 is 10.2 Å². The van der Waals surface area contributed by atoms with Gasteiger partial charge in [0.1, 0.15) is 0 Å². The van der Waals surface area contributed by atoms with Gasteiger partial charge in [-0.15, -0.1) is 0 Å². The van der Waals surface area contributed by atoms with Crippen LogP contribution in [0.15, 0.2) is 54.9 Å². The van der Waals surface area contributed by atoms with Gasteiger partial charge in [-0.3, -0.25) is 9.78 Å². The number of anilines is 2. The Labute approximate surface area is 180 Å². The van der Waals surface area contributed by atoms with E-state index in [-0.39, 0.29) is 5.91 Å². The molecule has 1 aromatic heterocycles. The highest BCUT2D eigenvalue weighted by Gasteiger charge is 2.25. The van der Waals surface area contributed by atoms with Gasteiger partial charge in [-0.25, -0.2) is 0 Å². The zero-order chi connectivity index (χ0) is 20.5. The van der Waals surface area contributed by atoms with Crippen molar-refractivity contribution in [3.8, 4) is 0 Å². The molecule has 1 atom stereocenters. The fraction of sp³-hybridized carbons (Fsp3) is 0.217. The molecule has 0 fully saturated rings. The summed E-state index contributed by atoms with van der Waals surface area (Å²) in [5, 5.41) is 4.47. The van der Waals surface area contributed by atoms with Crippen LogP contribution >= 0.6 is 23.2 Å². The van der Waals surface area contributed by atoms with E-state index in [0.717, 1.165) is 23.2 Å². The SMILES string of the molecule is Cc1cnccc1C(=O)N(Cc1cccc2c1CC(C)N2)c1cc(Cl)cc(Cl)c1. The molecule has 4 rings (SSSR count). The first-order valence-electron chi connectivity index (χ1n) is 9.48. The number of carbonyl (C=O) groups is 1. The van der Waals surface area contributed by atoms with Crippen molar-refractivity contribution in [1.29, 1.82) is 0 Å². The first kappa shape index (κ1) is 19.7. The fourth-order valence-corrected chi connectivity index (χ4v) is 4.30. The number of halogens is 2. The molecule has 6 heteroatoms. The van der Waals surface area contributed by atoms with E-state index in [1.54, 1.807) is 41.6 Å². The van der Waals surface area contributed by atoms with Crippen molar-refractivity contribution in [3.63, 3.8) is 0 Å². The van der Waals surface area contributed by atoms with Gasteiger partial charge in [0.2, 0.25) is 0 Å². The summed E-state index contributed by atoms with van der Waals surface area (Å²) in [5.74, 6) is -0.111. The van der Waals surface area contributed by atoms with Gasteiger partial charge >= 0.3 is 0 Å². The minimum atomic E-state index is -0.111. The summed E-state index contributed by atoms with van der Waals surface area (Å²) >= 11 is 12.5. The van der Waals surface area contributed by atoms with E-state index in [2.05, 4.69) is 29.4 Å². The third-order valence-electron chi connectivity index (χ3n) is 5.17. The number of rotatable bonds is 4. The van der Waals surface area contributed by atoms with Crippen molar-refractivity contribution in [2.45, 2.75) is 32.9 Å². The van der Waals surface area contributed by atoms with Gasteiger partial charge in [-0.05, 0) is 67.3 Å². The highest BCUT2D eigenvalue weighted by Crippen LogP contribution is 2.33. The van der Waals surface area contributed by atoms with E-state index in [1.807, 2.05) is 13.0 Å². The van der Waals surface area contributed by atoms with Crippen LogP contribution in [0.4, 0.5) is 11.4 Å². The summed E-state index contributed by atoms with van der Waals surface area (Å²) in [4.78, 5) is 19.4. The minimum absolute atomic E-state index is 0.111. The molecule has 1 amide bonds. The molecule has 0 saturated heterocycles. The third kappa shape index (κ3) is 4.09. The van der Waals surface area contributed by atoms with Crippen LogP contribution in [0, 0.1) is 6.92 Å². The van der Waals surface area contributed by atoms with E-state index in [9.17, 15) is 4.79 Å². The number of hydrogen-bond donors (Lipinski definition) is 1. The van der Waals surface area contributed by atoms with Crippen LogP contribution in [0.1, 0.15) is 34.0 Å². The highest BCUT2D eigenvalue weighted by atomic mass is 35.5. The smallest absolute Gasteiger partial charge is 0.258 e. The Hall–Kier alpha value is -2.56. The van der Waals surface area contributed by atoms with Crippen LogP contribution in [-0.4, -0.2) is 16.9 Å². The Bertz CT molecular complexity index is 1060. The second-order valence-corrected chi connectivity index (χ2v) is 8.28. The standard InChI is InChI=1S/C23H21Cl2N3O/c1-14-12-26-7-6-20(14)23(29)28(19-10-17(24)9-18(25)11-19)13-16-4-3-5-22-21(16)8-15(2)27-22/h3-7,9-12,15,27H,8,13H2,1-2H3. The quantitative estimate of drug-likeness (QED) is 0.565. The molecule has 4 nitrogen and oxygen atoms in total. The first-order valence-corrected chi connectivity index (χ1v) is 10.2. The molecule has 0 saturated carbocycles. The Morgan fingerprint density at radius 3 is 2.69 bits per heavy atom. The van der Waals surface area contributed by atoms with E-state index in [1.165, 1.54) is 5.56 Å². The van der Waals surface area contributed by atoms with Gasteiger partial charge in [-0.1, -0.05) is 35.3 Å². The van der Waals surface area contributed by atoms with Gasteiger partial charge in [0.25, 0.3) is 5.91 Å². The van der Waals surface area contributed by atoms with Crippen molar-refractivity contribution in [3.05, 3.63) is 87.2 Å². The molecule has 1 aliphatic rings. The molecule has 148 valence electrons. The first-order chi connectivity index (χ1) is 13.9. The topological polar surface area (TPSA) is 45.2 Å². The molecule has 0 bridgehead atoms. The van der Waals surface area contributed by atoms with Gasteiger partial charge < -0.3 is 10.2 Å². The largest absolute Gasteiger partial charge is 0.382 e. The lowest BCUT2D eigenvalue weighted by Gasteiger charge is -2.25.